The summed E-state index contributed by atoms with van der Waals surface area (Å²) in [6.45, 7) is 6.68. The summed E-state index contributed by atoms with van der Waals surface area (Å²) in [7, 11) is 3.32. The topological polar surface area (TPSA) is 51.2 Å². The first-order chi connectivity index (χ1) is 12.5. The van der Waals surface area contributed by atoms with Crippen molar-refractivity contribution < 1.29 is 19.0 Å². The lowest BCUT2D eigenvalue weighted by atomic mass is 10.0. The Labute approximate surface area is 155 Å². The molecule has 3 fully saturated rings. The van der Waals surface area contributed by atoms with Gasteiger partial charge < -0.3 is 19.1 Å². The van der Waals surface area contributed by atoms with Crippen LogP contribution in [0.15, 0.2) is 18.2 Å². The molecule has 3 heterocycles. The lowest BCUT2D eigenvalue weighted by Gasteiger charge is -2.34. The third kappa shape index (κ3) is 2.58. The standard InChI is InChI=1S/C20H28N2O4/c1-13(2)17-12-26-20-5-6-21(18(20)10-19(23)22(17)20)11-14-7-15(24-3)9-16(8-14)25-4/h7-9,13,17-18H,5-6,10-12H2,1-4H3/t17-,18+,20-/m0/s1. The first kappa shape index (κ1) is 17.6. The van der Waals surface area contributed by atoms with Gasteiger partial charge in [-0.05, 0) is 23.6 Å². The van der Waals surface area contributed by atoms with E-state index < -0.39 is 5.72 Å². The highest BCUT2D eigenvalue weighted by molar-refractivity contribution is 5.82. The molecule has 6 nitrogen and oxygen atoms in total. The quantitative estimate of drug-likeness (QED) is 0.806. The molecule has 1 spiro atoms. The molecule has 4 rings (SSSR count). The molecule has 0 aromatic heterocycles. The Morgan fingerprint density at radius 2 is 1.92 bits per heavy atom. The van der Waals surface area contributed by atoms with E-state index in [1.165, 1.54) is 0 Å². The molecule has 0 N–H and O–H groups in total. The highest BCUT2D eigenvalue weighted by Gasteiger charge is 2.64. The number of carbonyl (C=O) groups is 1. The van der Waals surface area contributed by atoms with E-state index in [2.05, 4.69) is 23.6 Å². The predicted octanol–water partition coefficient (Wildman–Crippen LogP) is 2.26. The summed E-state index contributed by atoms with van der Waals surface area (Å²) in [6.07, 6.45) is 1.43. The Morgan fingerprint density at radius 3 is 2.54 bits per heavy atom. The number of benzene rings is 1. The second-order valence-electron chi connectivity index (χ2n) is 7.89. The van der Waals surface area contributed by atoms with Gasteiger partial charge in [0.05, 0.1) is 32.9 Å². The average Bonchev–Trinajstić information content (AvgIpc) is 3.25. The predicted molar refractivity (Wildman–Crippen MR) is 97.1 cm³/mol. The Kier molecular flexibility index (Phi) is 4.35. The fourth-order valence-electron chi connectivity index (χ4n) is 4.84. The van der Waals surface area contributed by atoms with E-state index in [0.29, 0.717) is 18.9 Å². The monoisotopic (exact) mass is 360 g/mol. The minimum Gasteiger partial charge on any atom is -0.497 e. The third-order valence-corrected chi connectivity index (χ3v) is 6.17. The number of methoxy groups -OCH3 is 2. The summed E-state index contributed by atoms with van der Waals surface area (Å²) in [4.78, 5) is 17.2. The summed E-state index contributed by atoms with van der Waals surface area (Å²) in [5.41, 5.74) is 0.706. The van der Waals surface area contributed by atoms with E-state index in [1.54, 1.807) is 14.2 Å². The van der Waals surface area contributed by atoms with Crippen molar-refractivity contribution in [3.63, 3.8) is 0 Å². The molecule has 3 aliphatic heterocycles. The fourth-order valence-corrected chi connectivity index (χ4v) is 4.84. The second-order valence-corrected chi connectivity index (χ2v) is 7.89. The van der Waals surface area contributed by atoms with Crippen molar-refractivity contribution in [2.24, 2.45) is 5.92 Å². The number of hydrogen-bond acceptors (Lipinski definition) is 5. The maximum Gasteiger partial charge on any atom is 0.226 e. The van der Waals surface area contributed by atoms with Crippen molar-refractivity contribution in [1.82, 2.24) is 9.80 Å². The van der Waals surface area contributed by atoms with E-state index in [-0.39, 0.29) is 18.0 Å². The summed E-state index contributed by atoms with van der Waals surface area (Å²) in [6, 6.07) is 6.27. The van der Waals surface area contributed by atoms with Crippen molar-refractivity contribution in [2.45, 2.75) is 51.0 Å². The van der Waals surface area contributed by atoms with Crippen LogP contribution in [0.2, 0.25) is 0 Å². The van der Waals surface area contributed by atoms with E-state index in [1.807, 2.05) is 18.2 Å². The number of likely N-dealkylation sites (tertiary alicyclic amines) is 1. The molecule has 0 bridgehead atoms. The van der Waals surface area contributed by atoms with Gasteiger partial charge in [-0.15, -0.1) is 0 Å². The van der Waals surface area contributed by atoms with Crippen LogP contribution in [0.5, 0.6) is 11.5 Å². The summed E-state index contributed by atoms with van der Waals surface area (Å²) < 4.78 is 17.1. The van der Waals surface area contributed by atoms with Crippen LogP contribution in [0.25, 0.3) is 0 Å². The summed E-state index contributed by atoms with van der Waals surface area (Å²) in [5, 5.41) is 0. The summed E-state index contributed by atoms with van der Waals surface area (Å²) >= 11 is 0. The van der Waals surface area contributed by atoms with E-state index in [4.69, 9.17) is 14.2 Å². The lowest BCUT2D eigenvalue weighted by Crippen LogP contribution is -2.50. The number of ether oxygens (including phenoxy) is 3. The molecule has 1 aromatic carbocycles. The SMILES string of the molecule is COc1cc(CN2CC[C@@]34OC[C@@H](C(C)C)N3C(=O)C[C@@H]24)cc(OC)c1. The van der Waals surface area contributed by atoms with Crippen LogP contribution in [0.1, 0.15) is 32.3 Å². The highest BCUT2D eigenvalue weighted by Crippen LogP contribution is 2.49. The number of nitrogens with zero attached hydrogens (tertiary/aromatic N) is 2. The Bertz CT molecular complexity index is 685. The lowest BCUT2D eigenvalue weighted by molar-refractivity contribution is -0.139. The molecule has 1 aromatic rings. The maximum absolute atomic E-state index is 12.8. The molecule has 0 unspecified atom stereocenters. The summed E-state index contributed by atoms with van der Waals surface area (Å²) in [5.74, 6) is 2.22. The Hall–Kier alpha value is -1.79. The van der Waals surface area contributed by atoms with Crippen LogP contribution >= 0.6 is 0 Å². The third-order valence-electron chi connectivity index (χ3n) is 6.17. The van der Waals surface area contributed by atoms with Crippen LogP contribution < -0.4 is 9.47 Å². The molecular weight excluding hydrogens is 332 g/mol. The van der Waals surface area contributed by atoms with Gasteiger partial charge in [-0.25, -0.2) is 0 Å². The molecular formula is C20H28N2O4. The molecule has 0 radical (unpaired) electrons. The Morgan fingerprint density at radius 1 is 1.23 bits per heavy atom. The molecule has 142 valence electrons. The van der Waals surface area contributed by atoms with E-state index in [9.17, 15) is 4.79 Å². The number of amides is 1. The number of rotatable bonds is 5. The van der Waals surface area contributed by atoms with Gasteiger partial charge in [-0.1, -0.05) is 13.8 Å². The normalized spacial score (nSPS) is 30.8. The average molecular weight is 360 g/mol. The van der Waals surface area contributed by atoms with Crippen molar-refractivity contribution >= 4 is 5.91 Å². The zero-order valence-electron chi connectivity index (χ0n) is 16.0. The van der Waals surface area contributed by atoms with E-state index in [0.717, 1.165) is 36.6 Å². The van der Waals surface area contributed by atoms with Gasteiger partial charge in [0.25, 0.3) is 0 Å². The first-order valence-corrected chi connectivity index (χ1v) is 9.40. The van der Waals surface area contributed by atoms with Crippen LogP contribution in [-0.2, 0) is 16.1 Å². The van der Waals surface area contributed by atoms with Crippen LogP contribution in [0, 0.1) is 5.92 Å². The van der Waals surface area contributed by atoms with Crippen molar-refractivity contribution in [3.05, 3.63) is 23.8 Å². The molecule has 0 aliphatic carbocycles. The highest BCUT2D eigenvalue weighted by atomic mass is 16.5. The van der Waals surface area contributed by atoms with Gasteiger partial charge >= 0.3 is 0 Å². The minimum absolute atomic E-state index is 0.121. The van der Waals surface area contributed by atoms with Gasteiger partial charge in [0.1, 0.15) is 11.5 Å². The zero-order valence-corrected chi connectivity index (χ0v) is 16.0. The van der Waals surface area contributed by atoms with Gasteiger partial charge in [-0.2, -0.15) is 0 Å². The van der Waals surface area contributed by atoms with Crippen molar-refractivity contribution in [3.8, 4) is 11.5 Å². The van der Waals surface area contributed by atoms with Gasteiger partial charge in [0, 0.05) is 32.0 Å². The fraction of sp³-hybridized carbons (Fsp3) is 0.650. The van der Waals surface area contributed by atoms with Crippen LogP contribution in [0.4, 0.5) is 0 Å². The Balaban J connectivity index is 1.57. The van der Waals surface area contributed by atoms with Crippen LogP contribution in [0.3, 0.4) is 0 Å². The molecule has 3 aliphatic rings. The first-order valence-electron chi connectivity index (χ1n) is 9.40. The molecule has 3 atom stereocenters. The van der Waals surface area contributed by atoms with Gasteiger partial charge in [0.2, 0.25) is 5.91 Å². The largest absolute Gasteiger partial charge is 0.497 e. The second kappa shape index (κ2) is 6.43. The van der Waals surface area contributed by atoms with E-state index >= 15 is 0 Å². The number of carbonyl (C=O) groups excluding carboxylic acids is 1. The molecule has 3 saturated heterocycles. The van der Waals surface area contributed by atoms with Crippen molar-refractivity contribution in [2.75, 3.05) is 27.4 Å². The van der Waals surface area contributed by atoms with Crippen LogP contribution in [-0.4, -0.2) is 60.9 Å². The van der Waals surface area contributed by atoms with Gasteiger partial charge in [-0.3, -0.25) is 9.69 Å². The number of hydrogen-bond donors (Lipinski definition) is 0. The minimum atomic E-state index is -0.422. The molecule has 0 saturated carbocycles. The molecule has 26 heavy (non-hydrogen) atoms. The molecule has 6 heteroatoms. The van der Waals surface area contributed by atoms with Crippen molar-refractivity contribution in [1.29, 1.82) is 0 Å². The zero-order chi connectivity index (χ0) is 18.5. The maximum atomic E-state index is 12.8. The van der Waals surface area contributed by atoms with Gasteiger partial charge in [0.15, 0.2) is 5.72 Å². The molecule has 1 amide bonds. The smallest absolute Gasteiger partial charge is 0.226 e.